The van der Waals surface area contributed by atoms with Crippen molar-refractivity contribution in [2.24, 2.45) is 17.8 Å². The van der Waals surface area contributed by atoms with Gasteiger partial charge in [-0.15, -0.1) is 0 Å². The maximum absolute atomic E-state index is 13.2. The third kappa shape index (κ3) is 84.3. The highest BCUT2D eigenvalue weighted by atomic mass is 31.2. The number of ether oxygens (including phenoxy) is 4. The number of carbonyl (C=O) groups excluding carboxylic acids is 4. The van der Waals surface area contributed by atoms with Crippen LogP contribution in [0.15, 0.2) is 0 Å². The fourth-order valence-electron chi connectivity index (χ4n) is 14.4. The second kappa shape index (κ2) is 81.8. The van der Waals surface area contributed by atoms with Crippen molar-refractivity contribution in [3.8, 4) is 0 Å². The summed E-state index contributed by atoms with van der Waals surface area (Å²) in [4.78, 5) is 73.4. The van der Waals surface area contributed by atoms with Crippen LogP contribution in [-0.2, 0) is 65.4 Å². The SMILES string of the molecule is CCCCCCCCCCCCC(=O)OC[C@H](COP(=O)(O)OC[C@H](O)COP(=O)(O)OC[C@@H](COC(=O)CCCCCCCCCCCCCCCCCCCCC(C)C)OC(=O)CCCCCCCCCCCCCCCCCCCCC(C)CC)OC(=O)CCCCCCCCCCCCCCCCCC(C)C. The fraction of sp³-hybridized carbons (Fsp3) is 0.957. The van der Waals surface area contributed by atoms with Crippen molar-refractivity contribution >= 4 is 39.5 Å². The first-order chi connectivity index (χ1) is 53.8. The van der Waals surface area contributed by atoms with Gasteiger partial charge in [-0.3, -0.25) is 37.3 Å². The van der Waals surface area contributed by atoms with E-state index in [-0.39, 0.29) is 25.7 Å². The lowest BCUT2D eigenvalue weighted by atomic mass is 9.99. The Labute approximate surface area is 683 Å². The molecule has 0 bridgehead atoms. The Bertz CT molecular complexity index is 2130. The van der Waals surface area contributed by atoms with Gasteiger partial charge in [-0.2, -0.15) is 0 Å². The van der Waals surface area contributed by atoms with Gasteiger partial charge in [-0.05, 0) is 43.4 Å². The lowest BCUT2D eigenvalue weighted by Crippen LogP contribution is -2.30. The molecule has 0 aliphatic carbocycles. The molecule has 0 spiro atoms. The number of aliphatic hydroxyl groups excluding tert-OH is 1. The van der Waals surface area contributed by atoms with Crippen molar-refractivity contribution in [1.29, 1.82) is 0 Å². The average molecular weight is 1620 g/mol. The van der Waals surface area contributed by atoms with Gasteiger partial charge in [0.15, 0.2) is 12.2 Å². The quantitative estimate of drug-likeness (QED) is 0.0222. The maximum Gasteiger partial charge on any atom is 0.472 e. The van der Waals surface area contributed by atoms with Gasteiger partial charge in [0.25, 0.3) is 0 Å². The molecule has 0 aromatic heterocycles. The first-order valence-electron chi connectivity index (χ1n) is 47.4. The van der Waals surface area contributed by atoms with Gasteiger partial charge in [0.2, 0.25) is 0 Å². The predicted molar refractivity (Wildman–Crippen MR) is 460 cm³/mol. The standard InChI is InChI=1S/C92H180O17P2/c1-8-10-11-12-13-14-45-52-59-66-73-89(94)102-79-87(108-91(96)76-69-62-55-48-41-35-29-23-25-31-37-43-50-57-64-71-84(5)6)81-106-110(98,99)104-77-86(93)78-105-111(100,101)107-82-88(80-103-90(95)74-67-60-53-46-39-33-27-21-17-15-19-24-30-36-42-49-56-63-70-83(3)4)109-92(97)75-68-61-54-47-40-34-28-22-18-16-20-26-32-38-44-51-58-65-72-85(7)9-2/h83-88,93H,8-82H2,1-7H3,(H,98,99)(H,100,101)/t85?,86-,87+,88+/m0/s1. The predicted octanol–water partition coefficient (Wildman–Crippen LogP) is 28.4. The van der Waals surface area contributed by atoms with E-state index in [2.05, 4.69) is 48.5 Å². The summed E-state index contributed by atoms with van der Waals surface area (Å²) < 4.78 is 69.1. The molecule has 6 atom stereocenters. The van der Waals surface area contributed by atoms with Crippen LogP contribution in [0.2, 0.25) is 0 Å². The van der Waals surface area contributed by atoms with E-state index in [1.54, 1.807) is 0 Å². The van der Waals surface area contributed by atoms with E-state index in [1.807, 2.05) is 0 Å². The first kappa shape index (κ1) is 109. The molecular formula is C92H180O17P2. The van der Waals surface area contributed by atoms with Gasteiger partial charge < -0.3 is 33.8 Å². The van der Waals surface area contributed by atoms with Gasteiger partial charge in [0.1, 0.15) is 19.3 Å². The van der Waals surface area contributed by atoms with Gasteiger partial charge >= 0.3 is 39.5 Å². The summed E-state index contributed by atoms with van der Waals surface area (Å²) >= 11 is 0. The number of aliphatic hydroxyl groups is 1. The van der Waals surface area contributed by atoms with Crippen molar-refractivity contribution in [3.63, 3.8) is 0 Å². The van der Waals surface area contributed by atoms with Crippen LogP contribution in [0.5, 0.6) is 0 Å². The molecule has 660 valence electrons. The molecule has 0 aromatic carbocycles. The first-order valence-corrected chi connectivity index (χ1v) is 50.4. The van der Waals surface area contributed by atoms with Crippen molar-refractivity contribution in [3.05, 3.63) is 0 Å². The van der Waals surface area contributed by atoms with Crippen LogP contribution in [0.25, 0.3) is 0 Å². The van der Waals surface area contributed by atoms with Crippen LogP contribution in [0.1, 0.15) is 492 Å². The molecule has 17 nitrogen and oxygen atoms in total. The van der Waals surface area contributed by atoms with E-state index in [0.29, 0.717) is 25.7 Å². The van der Waals surface area contributed by atoms with Crippen molar-refractivity contribution in [2.45, 2.75) is 510 Å². The number of hydrogen-bond acceptors (Lipinski definition) is 15. The molecule has 19 heteroatoms. The number of phosphoric ester groups is 2. The number of rotatable bonds is 90. The van der Waals surface area contributed by atoms with E-state index in [9.17, 15) is 43.2 Å². The Hall–Kier alpha value is -1.94. The van der Waals surface area contributed by atoms with E-state index in [0.717, 1.165) is 108 Å². The summed E-state index contributed by atoms with van der Waals surface area (Å²) in [5.74, 6) is 0.400. The minimum Gasteiger partial charge on any atom is -0.462 e. The molecule has 3 N–H and O–H groups in total. The molecule has 0 aliphatic rings. The zero-order valence-electron chi connectivity index (χ0n) is 73.4. The summed E-state index contributed by atoms with van der Waals surface area (Å²) in [7, 11) is -9.94. The monoisotopic (exact) mass is 1620 g/mol. The summed E-state index contributed by atoms with van der Waals surface area (Å²) in [6.07, 6.45) is 75.0. The van der Waals surface area contributed by atoms with Crippen LogP contribution in [0, 0.1) is 17.8 Å². The second-order valence-corrected chi connectivity index (χ2v) is 37.2. The van der Waals surface area contributed by atoms with Crippen LogP contribution >= 0.6 is 15.6 Å². The number of carbonyl (C=O) groups is 4. The van der Waals surface area contributed by atoms with E-state index < -0.39 is 97.5 Å². The van der Waals surface area contributed by atoms with Crippen LogP contribution in [-0.4, -0.2) is 96.7 Å². The molecule has 0 amide bonds. The molecule has 0 saturated carbocycles. The van der Waals surface area contributed by atoms with Gasteiger partial charge in [-0.25, -0.2) is 9.13 Å². The maximum atomic E-state index is 13.2. The summed E-state index contributed by atoms with van der Waals surface area (Å²) in [5.41, 5.74) is 0. The van der Waals surface area contributed by atoms with Crippen LogP contribution in [0.3, 0.4) is 0 Å². The molecule has 0 heterocycles. The lowest BCUT2D eigenvalue weighted by molar-refractivity contribution is -0.161. The molecule has 0 saturated heterocycles. The van der Waals surface area contributed by atoms with Gasteiger partial charge in [0.05, 0.1) is 26.4 Å². The number of phosphoric acid groups is 2. The Kier molecular flexibility index (Phi) is 80.4. The number of hydrogen-bond donors (Lipinski definition) is 3. The van der Waals surface area contributed by atoms with E-state index in [4.69, 9.17) is 37.0 Å². The van der Waals surface area contributed by atoms with Crippen molar-refractivity contribution < 1.29 is 80.2 Å². The van der Waals surface area contributed by atoms with Crippen LogP contribution < -0.4 is 0 Å². The highest BCUT2D eigenvalue weighted by Crippen LogP contribution is 2.45. The minimum absolute atomic E-state index is 0.108. The lowest BCUT2D eigenvalue weighted by Gasteiger charge is -2.21. The molecular weight excluding hydrogens is 1440 g/mol. The fourth-order valence-corrected chi connectivity index (χ4v) is 16.0. The van der Waals surface area contributed by atoms with E-state index in [1.165, 1.54) is 302 Å². The van der Waals surface area contributed by atoms with Crippen molar-refractivity contribution in [2.75, 3.05) is 39.6 Å². The number of unbranched alkanes of at least 4 members (excludes halogenated alkanes) is 57. The largest absolute Gasteiger partial charge is 0.472 e. The highest BCUT2D eigenvalue weighted by molar-refractivity contribution is 7.47. The Morgan fingerprint density at radius 2 is 0.459 bits per heavy atom. The molecule has 0 aliphatic heterocycles. The molecule has 0 rings (SSSR count). The molecule has 111 heavy (non-hydrogen) atoms. The molecule has 0 radical (unpaired) electrons. The van der Waals surface area contributed by atoms with Gasteiger partial charge in [0, 0.05) is 25.7 Å². The Morgan fingerprint density at radius 1 is 0.261 bits per heavy atom. The zero-order valence-corrected chi connectivity index (χ0v) is 75.2. The van der Waals surface area contributed by atoms with E-state index >= 15 is 0 Å². The van der Waals surface area contributed by atoms with Gasteiger partial charge in [-0.1, -0.05) is 440 Å². The zero-order chi connectivity index (χ0) is 81.5. The Morgan fingerprint density at radius 3 is 0.685 bits per heavy atom. The summed E-state index contributed by atoms with van der Waals surface area (Å²) in [6, 6.07) is 0. The third-order valence-electron chi connectivity index (χ3n) is 22.0. The van der Waals surface area contributed by atoms with Crippen molar-refractivity contribution in [1.82, 2.24) is 0 Å². The number of esters is 4. The normalized spacial score (nSPS) is 14.0. The second-order valence-electron chi connectivity index (χ2n) is 34.2. The molecule has 3 unspecified atom stereocenters. The van der Waals surface area contributed by atoms with Crippen LogP contribution in [0.4, 0.5) is 0 Å². The summed E-state index contributed by atoms with van der Waals surface area (Å²) in [6.45, 7) is 12.1. The smallest absolute Gasteiger partial charge is 0.462 e. The Balaban J connectivity index is 5.22. The molecule has 0 aromatic rings. The highest BCUT2D eigenvalue weighted by Gasteiger charge is 2.31. The molecule has 0 fully saturated rings. The topological polar surface area (TPSA) is 237 Å². The summed E-state index contributed by atoms with van der Waals surface area (Å²) in [5, 5.41) is 10.7. The minimum atomic E-state index is -4.97. The average Bonchev–Trinajstić information content (AvgIpc) is 0.895. The third-order valence-corrected chi connectivity index (χ3v) is 23.9.